The number of phosphoric acid groups is 3. The first-order chi connectivity index (χ1) is 54.4. The summed E-state index contributed by atoms with van der Waals surface area (Å²) in [5.74, 6) is 0. The second-order valence-corrected chi connectivity index (χ2v) is 38.2. The first-order valence-electron chi connectivity index (χ1n) is 50.2. The minimum absolute atomic E-state index is 0. The summed E-state index contributed by atoms with van der Waals surface area (Å²) in [5, 5.41) is 0. The van der Waals surface area contributed by atoms with E-state index < -0.39 is 23.5 Å². The molecule has 0 fully saturated rings. The fourth-order valence-corrected chi connectivity index (χ4v) is 17.3. The summed E-state index contributed by atoms with van der Waals surface area (Å²) in [6.45, 7) is 15.2. The van der Waals surface area contributed by atoms with E-state index in [0.717, 1.165) is 77.0 Å². The van der Waals surface area contributed by atoms with Gasteiger partial charge in [0.05, 0.1) is 39.6 Å². The zero-order valence-corrected chi connectivity index (χ0v) is 80.0. The molecule has 0 rings (SSSR count). The molecule has 0 saturated heterocycles. The van der Waals surface area contributed by atoms with Gasteiger partial charge >= 0.3 is 17.1 Å². The molecule has 1 radical (unpaired) electrons. The van der Waals surface area contributed by atoms with Crippen LogP contribution >= 0.6 is 23.5 Å². The molecule has 0 aliphatic heterocycles. The number of hydrogen-bond donors (Lipinski definition) is 0. The molecule has 0 atom stereocenters. The van der Waals surface area contributed by atoms with Crippen molar-refractivity contribution in [1.82, 2.24) is 0 Å². The Morgan fingerprint density at radius 2 is 0.196 bits per heavy atom. The van der Waals surface area contributed by atoms with E-state index in [2.05, 4.69) is 41.5 Å². The van der Waals surface area contributed by atoms with Crippen molar-refractivity contribution in [2.45, 2.75) is 581 Å². The summed E-state index contributed by atoms with van der Waals surface area (Å²) >= 11 is 0. The van der Waals surface area contributed by atoms with Crippen LogP contribution < -0.4 is 14.7 Å². The van der Waals surface area contributed by atoms with Gasteiger partial charge in [0.15, 0.2) is 0 Å². The molecule has 0 unspecified atom stereocenters. The number of unbranched alkanes of at least 4 members (excludes halogenated alkanes) is 78. The van der Waals surface area contributed by atoms with Gasteiger partial charge in [0.1, 0.15) is 0 Å². The van der Waals surface area contributed by atoms with E-state index >= 15 is 0 Å². The average Bonchev–Trinajstić information content (AvgIpc) is 0.954. The molecule has 12 nitrogen and oxygen atoms in total. The topological polar surface area (TPSA) is 176 Å². The smallest absolute Gasteiger partial charge is 0.756 e. The Morgan fingerprint density at radius 1 is 0.134 bits per heavy atom. The summed E-state index contributed by atoms with van der Waals surface area (Å²) in [4.78, 5) is 35.6. The summed E-state index contributed by atoms with van der Waals surface area (Å²) in [6.07, 6.45) is 108. The Balaban J connectivity index is -0.000000778. The van der Waals surface area contributed by atoms with Crippen molar-refractivity contribution in [2.24, 2.45) is 0 Å². The van der Waals surface area contributed by atoms with Crippen molar-refractivity contribution in [1.29, 1.82) is 0 Å². The summed E-state index contributed by atoms with van der Waals surface area (Å²) in [7, 11) is -12.3. The van der Waals surface area contributed by atoms with E-state index in [1.165, 1.54) is 462 Å². The van der Waals surface area contributed by atoms with Crippen molar-refractivity contribution in [3.63, 3.8) is 0 Å². The van der Waals surface area contributed by atoms with E-state index in [-0.39, 0.29) is 56.7 Å². The molecule has 0 bridgehead atoms. The zero-order chi connectivity index (χ0) is 81.4. The van der Waals surface area contributed by atoms with Crippen LogP contribution in [-0.2, 0) is 57.9 Å². The number of hydrogen-bond acceptors (Lipinski definition) is 12. The van der Waals surface area contributed by atoms with E-state index in [9.17, 15) is 28.4 Å². The second kappa shape index (κ2) is 104. The third-order valence-corrected chi connectivity index (χ3v) is 25.5. The minimum atomic E-state index is -4.12. The fraction of sp³-hybridized carbons (Fsp3) is 1.00. The quantitative estimate of drug-likeness (QED) is 0.0320. The van der Waals surface area contributed by atoms with Crippen LogP contribution in [0.5, 0.6) is 0 Å². The largest absolute Gasteiger partial charge is 3.00 e. The van der Waals surface area contributed by atoms with Gasteiger partial charge in [-0.2, -0.15) is 0 Å². The molecule has 0 aromatic carbocycles. The Labute approximate surface area is 712 Å². The maximum absolute atomic E-state index is 11.9. The maximum atomic E-state index is 11.9. The van der Waals surface area contributed by atoms with Gasteiger partial charge in [0.2, 0.25) is 0 Å². The molecule has 0 aliphatic rings. The molecule has 0 aliphatic carbocycles. The molecular weight excluding hydrogens is 1490 g/mol. The first-order valence-corrected chi connectivity index (χ1v) is 54.5. The van der Waals surface area contributed by atoms with E-state index in [1.54, 1.807) is 0 Å². The fourth-order valence-electron chi connectivity index (χ4n) is 14.9. The van der Waals surface area contributed by atoms with E-state index in [4.69, 9.17) is 27.1 Å². The van der Waals surface area contributed by atoms with Gasteiger partial charge in [-0.3, -0.25) is 13.7 Å². The normalized spacial score (nSPS) is 11.9. The van der Waals surface area contributed by atoms with Crippen molar-refractivity contribution in [3.8, 4) is 0 Å². The van der Waals surface area contributed by atoms with E-state index in [0.29, 0.717) is 0 Å². The molecule has 112 heavy (non-hydrogen) atoms. The van der Waals surface area contributed by atoms with Crippen molar-refractivity contribution in [2.75, 3.05) is 39.6 Å². The predicted molar refractivity (Wildman–Crippen MR) is 480 cm³/mol. The van der Waals surface area contributed by atoms with Crippen LogP contribution in [0.1, 0.15) is 581 Å². The van der Waals surface area contributed by atoms with Gasteiger partial charge in [0, 0.05) is 0 Å². The Kier molecular flexibility index (Phi) is 111. The van der Waals surface area contributed by atoms with Crippen LogP contribution in [-0.4, -0.2) is 39.6 Å². The zero-order valence-electron chi connectivity index (χ0n) is 76.2. The van der Waals surface area contributed by atoms with Crippen LogP contribution in [0, 0.1) is 0 Å². The third-order valence-electron chi connectivity index (χ3n) is 22.5. The van der Waals surface area contributed by atoms with Gasteiger partial charge in [-0.05, 0) is 38.5 Å². The van der Waals surface area contributed by atoms with Gasteiger partial charge in [0.25, 0.3) is 23.5 Å². The van der Waals surface area contributed by atoms with Crippen LogP contribution in [0.2, 0.25) is 0 Å². The van der Waals surface area contributed by atoms with E-state index in [1.807, 2.05) is 0 Å². The second-order valence-electron chi connectivity index (χ2n) is 33.9. The van der Waals surface area contributed by atoms with Crippen LogP contribution in [0.25, 0.3) is 0 Å². The Hall–Kier alpha value is 0.849. The van der Waals surface area contributed by atoms with Gasteiger partial charge in [-0.15, -0.1) is 0 Å². The van der Waals surface area contributed by atoms with Crippen molar-refractivity contribution < 1.29 is 72.6 Å². The molecule has 0 N–H and O–H groups in total. The maximum Gasteiger partial charge on any atom is 3.00 e. The van der Waals surface area contributed by atoms with Gasteiger partial charge in [-0.25, -0.2) is 0 Å². The summed E-state index contributed by atoms with van der Waals surface area (Å²) in [6, 6.07) is 0. The van der Waals surface area contributed by atoms with Crippen LogP contribution in [0.3, 0.4) is 0 Å². The molecule has 16 heteroatoms. The average molecular weight is 1690 g/mol. The van der Waals surface area contributed by atoms with Gasteiger partial charge < -0.3 is 41.8 Å². The summed E-state index contributed by atoms with van der Waals surface area (Å²) in [5.41, 5.74) is 0. The standard InChI is InChI=1S/3C32H67O4P.Fe/c3*1-3-5-7-9-11-13-15-17-19-21-23-25-27-29-31-35-37(33,34)36-32-30-28-26-24-22-20-18-16-14-12-10-8-6-4-2;/h3*3-32H2,1-2H3,(H,33,34);/q;;;+3/p-3. The predicted octanol–water partition coefficient (Wildman–Crippen LogP) is 34.3. The minimum Gasteiger partial charge on any atom is -0.756 e. The molecule has 0 heterocycles. The van der Waals surface area contributed by atoms with Crippen LogP contribution in [0.4, 0.5) is 0 Å². The molecule has 677 valence electrons. The molecule has 0 aromatic heterocycles. The molecule has 0 saturated carbocycles. The SMILES string of the molecule is CCCCCCCCCCCCCCCCOP(=O)([O-])OCCCCCCCCCCCCCCCC.CCCCCCCCCCCCCCCCOP(=O)([O-])OCCCCCCCCCCCCCCCC.CCCCCCCCCCCCCCCCOP(=O)([O-])OCCCCCCCCCCCCCCCC.[Fe+3]. The van der Waals surface area contributed by atoms with Gasteiger partial charge in [-0.1, -0.05) is 542 Å². The molecule has 0 aromatic rings. The molecule has 0 amide bonds. The molecular formula is C96H198FeO12P3. The first kappa shape index (κ1) is 119. The Bertz CT molecular complexity index is 1510. The monoisotopic (exact) mass is 1690 g/mol. The Morgan fingerprint density at radius 3 is 0.268 bits per heavy atom. The van der Waals surface area contributed by atoms with Crippen molar-refractivity contribution in [3.05, 3.63) is 0 Å². The number of rotatable bonds is 96. The molecule has 0 spiro atoms. The van der Waals surface area contributed by atoms with Crippen molar-refractivity contribution >= 4 is 23.5 Å². The summed E-state index contributed by atoms with van der Waals surface area (Å²) < 4.78 is 65.8. The third kappa shape index (κ3) is 113. The van der Waals surface area contributed by atoms with Crippen LogP contribution in [0.15, 0.2) is 0 Å². The number of phosphoric ester groups is 3.